The Morgan fingerprint density at radius 2 is 1.93 bits per heavy atom. The summed E-state index contributed by atoms with van der Waals surface area (Å²) >= 11 is 2.92. The topological polar surface area (TPSA) is 58.9 Å². The molecule has 1 N–H and O–H groups in total. The second-order valence-electron chi connectivity index (χ2n) is 6.91. The summed E-state index contributed by atoms with van der Waals surface area (Å²) in [5.41, 5.74) is 3.14. The van der Waals surface area contributed by atoms with Crippen molar-refractivity contribution in [3.8, 4) is 0 Å². The highest BCUT2D eigenvalue weighted by molar-refractivity contribution is 8.01. The molecule has 0 saturated heterocycles. The number of rotatable bonds is 5. The normalized spacial score (nSPS) is 17.0. The number of thiophene rings is 1. The van der Waals surface area contributed by atoms with Crippen LogP contribution in [-0.4, -0.2) is 23.5 Å². The van der Waals surface area contributed by atoms with Gasteiger partial charge in [-0.25, -0.2) is 9.18 Å². The number of carbonyl (C=O) groups excluding carboxylic acids is 1. The van der Waals surface area contributed by atoms with Crippen LogP contribution in [0.25, 0.3) is 0 Å². The van der Waals surface area contributed by atoms with Crippen molar-refractivity contribution in [3.05, 3.63) is 82.0 Å². The van der Waals surface area contributed by atoms with Gasteiger partial charge < -0.3 is 9.94 Å². The van der Waals surface area contributed by atoms with Gasteiger partial charge in [0.15, 0.2) is 0 Å². The molecule has 0 spiro atoms. The molecule has 2 aromatic carbocycles. The molecule has 1 aliphatic carbocycles. The number of nitrogens with zero attached hydrogens (tertiary/aromatic N) is 1. The van der Waals surface area contributed by atoms with E-state index in [0.717, 1.165) is 25.8 Å². The average molecular weight is 442 g/mol. The highest BCUT2D eigenvalue weighted by Crippen LogP contribution is 2.46. The lowest BCUT2D eigenvalue weighted by Gasteiger charge is -2.25. The van der Waals surface area contributed by atoms with Gasteiger partial charge in [0.2, 0.25) is 0 Å². The van der Waals surface area contributed by atoms with E-state index in [1.807, 2.05) is 30.3 Å². The molecule has 1 atom stereocenters. The zero-order valence-electron chi connectivity index (χ0n) is 16.3. The zero-order chi connectivity index (χ0) is 21.1. The molecule has 1 aliphatic rings. The van der Waals surface area contributed by atoms with E-state index in [1.54, 1.807) is 30.8 Å². The Bertz CT molecular complexity index is 1080. The molecular formula is C23H20FNO3S2. The summed E-state index contributed by atoms with van der Waals surface area (Å²) in [7, 11) is 0. The smallest absolute Gasteiger partial charge is 0.348 e. The Hall–Kier alpha value is -2.64. The predicted molar refractivity (Wildman–Crippen MR) is 117 cm³/mol. The number of oxime groups is 1. The first kappa shape index (κ1) is 20.6. The van der Waals surface area contributed by atoms with Crippen LogP contribution in [0.3, 0.4) is 0 Å². The van der Waals surface area contributed by atoms with E-state index in [9.17, 15) is 14.4 Å². The average Bonchev–Trinajstić information content (AvgIpc) is 3.13. The summed E-state index contributed by atoms with van der Waals surface area (Å²) in [4.78, 5) is 14.3. The number of ether oxygens (including phenoxy) is 1. The molecule has 3 aromatic rings. The molecule has 0 aliphatic heterocycles. The van der Waals surface area contributed by atoms with Crippen LogP contribution in [-0.2, 0) is 11.2 Å². The van der Waals surface area contributed by atoms with Crippen LogP contribution in [0.4, 0.5) is 4.39 Å². The van der Waals surface area contributed by atoms with Crippen LogP contribution < -0.4 is 0 Å². The minimum absolute atomic E-state index is 0.0126. The Labute approximate surface area is 182 Å². The number of benzene rings is 2. The number of carbonyl (C=O) groups is 1. The monoisotopic (exact) mass is 441 g/mol. The molecule has 7 heteroatoms. The molecule has 4 nitrogen and oxygen atoms in total. The maximum Gasteiger partial charge on any atom is 0.348 e. The predicted octanol–water partition coefficient (Wildman–Crippen LogP) is 6.12. The van der Waals surface area contributed by atoms with Crippen molar-refractivity contribution in [3.63, 3.8) is 0 Å². The summed E-state index contributed by atoms with van der Waals surface area (Å²) in [6.45, 7) is 2.06. The minimum atomic E-state index is -0.365. The molecule has 0 saturated carbocycles. The van der Waals surface area contributed by atoms with Gasteiger partial charge in [-0.15, -0.1) is 11.3 Å². The van der Waals surface area contributed by atoms with Crippen molar-refractivity contribution in [2.75, 3.05) is 6.61 Å². The van der Waals surface area contributed by atoms with Crippen LogP contribution >= 0.6 is 23.1 Å². The molecule has 30 heavy (non-hydrogen) atoms. The van der Waals surface area contributed by atoms with Gasteiger partial charge in [-0.3, -0.25) is 0 Å². The molecule has 0 amide bonds. The van der Waals surface area contributed by atoms with Crippen molar-refractivity contribution in [1.29, 1.82) is 0 Å². The van der Waals surface area contributed by atoms with Crippen LogP contribution in [0, 0.1) is 5.82 Å². The van der Waals surface area contributed by atoms with Gasteiger partial charge in [-0.2, -0.15) is 0 Å². The van der Waals surface area contributed by atoms with E-state index in [-0.39, 0.29) is 24.3 Å². The summed E-state index contributed by atoms with van der Waals surface area (Å²) < 4.78 is 19.6. The third-order valence-corrected chi connectivity index (χ3v) is 7.43. The van der Waals surface area contributed by atoms with E-state index in [2.05, 4.69) is 5.16 Å². The van der Waals surface area contributed by atoms with E-state index >= 15 is 0 Å². The molecule has 0 radical (unpaired) electrons. The number of fused-ring (bicyclic) bond motifs is 1. The van der Waals surface area contributed by atoms with Crippen LogP contribution in [0.2, 0.25) is 0 Å². The Morgan fingerprint density at radius 3 is 2.60 bits per heavy atom. The SMILES string of the molecule is CCOC(=O)c1sc(Sc2ccccc2)c2c1CC(c1ccc(F)cc1)C/C2=N\O. The van der Waals surface area contributed by atoms with Crippen molar-refractivity contribution in [2.45, 2.75) is 34.8 Å². The number of halogens is 1. The highest BCUT2D eigenvalue weighted by Gasteiger charge is 2.34. The van der Waals surface area contributed by atoms with Gasteiger partial charge in [0.1, 0.15) is 10.7 Å². The fraction of sp³-hybridized carbons (Fsp3) is 0.217. The summed E-state index contributed by atoms with van der Waals surface area (Å²) in [6.07, 6.45) is 1.11. The van der Waals surface area contributed by atoms with E-state index in [1.165, 1.54) is 23.5 Å². The molecule has 0 bridgehead atoms. The second kappa shape index (κ2) is 9.02. The van der Waals surface area contributed by atoms with Gasteiger partial charge in [-0.1, -0.05) is 47.2 Å². The first-order valence-electron chi connectivity index (χ1n) is 9.63. The molecule has 1 unspecified atom stereocenters. The molecular weight excluding hydrogens is 421 g/mol. The fourth-order valence-corrected chi connectivity index (χ4v) is 6.21. The third kappa shape index (κ3) is 4.13. The zero-order valence-corrected chi connectivity index (χ0v) is 17.9. The fourth-order valence-electron chi connectivity index (χ4n) is 3.67. The van der Waals surface area contributed by atoms with Gasteiger partial charge in [0.25, 0.3) is 0 Å². The lowest BCUT2D eigenvalue weighted by Crippen LogP contribution is -2.21. The number of esters is 1. The van der Waals surface area contributed by atoms with Crippen molar-refractivity contribution in [1.82, 2.24) is 0 Å². The van der Waals surface area contributed by atoms with E-state index in [4.69, 9.17) is 4.74 Å². The van der Waals surface area contributed by atoms with Crippen molar-refractivity contribution in [2.24, 2.45) is 5.16 Å². The van der Waals surface area contributed by atoms with Gasteiger partial charge >= 0.3 is 5.97 Å². The number of hydrogen-bond acceptors (Lipinski definition) is 6. The van der Waals surface area contributed by atoms with E-state index < -0.39 is 0 Å². The maximum atomic E-state index is 13.4. The first-order chi connectivity index (χ1) is 14.6. The van der Waals surface area contributed by atoms with Crippen LogP contribution in [0.1, 0.15) is 45.6 Å². The van der Waals surface area contributed by atoms with Crippen LogP contribution in [0.15, 0.2) is 68.9 Å². The highest BCUT2D eigenvalue weighted by atomic mass is 32.2. The standard InChI is InChI=1S/C23H20FNO3S2/c1-2-28-22(26)21-18-12-15(14-8-10-16(24)11-9-14)13-19(25-27)20(18)23(30-21)29-17-6-4-3-5-7-17/h3-11,15,27H,2,12-13H2,1H3/b25-19+. The van der Waals surface area contributed by atoms with Crippen molar-refractivity contribution < 1.29 is 19.1 Å². The second-order valence-corrected chi connectivity index (χ2v) is 9.27. The largest absolute Gasteiger partial charge is 0.462 e. The maximum absolute atomic E-state index is 13.4. The Morgan fingerprint density at radius 1 is 1.20 bits per heavy atom. The Balaban J connectivity index is 1.79. The van der Waals surface area contributed by atoms with Crippen molar-refractivity contribution >= 4 is 34.8 Å². The third-order valence-electron chi connectivity index (χ3n) is 5.03. The molecule has 154 valence electrons. The number of hydrogen-bond donors (Lipinski definition) is 1. The van der Waals surface area contributed by atoms with Gasteiger partial charge in [-0.05, 0) is 54.7 Å². The van der Waals surface area contributed by atoms with Gasteiger partial charge in [0.05, 0.1) is 16.5 Å². The quantitative estimate of drug-likeness (QED) is 0.294. The van der Waals surface area contributed by atoms with E-state index in [0.29, 0.717) is 23.4 Å². The summed E-state index contributed by atoms with van der Waals surface area (Å²) in [5.74, 6) is -0.673. The van der Waals surface area contributed by atoms with Gasteiger partial charge in [0, 0.05) is 16.9 Å². The first-order valence-corrected chi connectivity index (χ1v) is 11.3. The molecule has 0 fully saturated rings. The molecule has 1 aromatic heterocycles. The molecule has 4 rings (SSSR count). The summed E-state index contributed by atoms with van der Waals surface area (Å²) in [5, 5.41) is 13.4. The summed E-state index contributed by atoms with van der Waals surface area (Å²) in [6, 6.07) is 16.2. The minimum Gasteiger partial charge on any atom is -0.462 e. The lowest BCUT2D eigenvalue weighted by molar-refractivity contribution is 0.0530. The molecule has 1 heterocycles. The van der Waals surface area contributed by atoms with Crippen LogP contribution in [0.5, 0.6) is 0 Å². The Kier molecular flexibility index (Phi) is 6.20. The lowest BCUT2D eigenvalue weighted by atomic mass is 9.80.